The molecule has 0 fully saturated rings. The van der Waals surface area contributed by atoms with Crippen LogP contribution in [-0.4, -0.2) is 21.5 Å². The van der Waals surface area contributed by atoms with E-state index < -0.39 is 6.04 Å². The monoisotopic (exact) mass is 225 g/mol. The van der Waals surface area contributed by atoms with Gasteiger partial charge in [0.15, 0.2) is 0 Å². The molecule has 2 rings (SSSR count). The number of aliphatic hydroxyl groups is 1. The van der Waals surface area contributed by atoms with Crippen LogP contribution in [0, 0.1) is 0 Å². The van der Waals surface area contributed by atoms with Gasteiger partial charge < -0.3 is 10.8 Å². The maximum Gasteiger partial charge on any atom is 0.0865 e. The fraction of sp³-hybridized carbons (Fsp3) is 0.300. The number of aliphatic hydroxyl groups excluding tert-OH is 1. The number of hydrogen-bond acceptors (Lipinski definition) is 3. The fourth-order valence-corrected chi connectivity index (χ4v) is 1.97. The van der Waals surface area contributed by atoms with Crippen molar-refractivity contribution in [3.63, 3.8) is 0 Å². The molecule has 0 aliphatic carbocycles. The van der Waals surface area contributed by atoms with E-state index in [-0.39, 0.29) is 6.61 Å². The van der Waals surface area contributed by atoms with Crippen molar-refractivity contribution in [3.8, 4) is 0 Å². The lowest BCUT2D eigenvalue weighted by Gasteiger charge is -2.09. The minimum atomic E-state index is -0.396. The van der Waals surface area contributed by atoms with Crippen LogP contribution < -0.4 is 5.73 Å². The quantitative estimate of drug-likeness (QED) is 0.808. The van der Waals surface area contributed by atoms with Gasteiger partial charge in [-0.05, 0) is 17.7 Å². The van der Waals surface area contributed by atoms with Crippen molar-refractivity contribution < 1.29 is 5.11 Å². The largest absolute Gasteiger partial charge is 0.394 e. The molecule has 1 aromatic heterocycles. The van der Waals surface area contributed by atoms with E-state index in [2.05, 4.69) is 5.10 Å². The number of halogens is 1. The number of rotatable bonds is 2. The summed E-state index contributed by atoms with van der Waals surface area (Å²) in [7, 11) is 1.83. The molecular weight excluding hydrogens is 214 g/mol. The molecule has 1 aromatic carbocycles. The van der Waals surface area contributed by atoms with Gasteiger partial charge in [0.05, 0.1) is 29.4 Å². The molecule has 0 aliphatic heterocycles. The summed E-state index contributed by atoms with van der Waals surface area (Å²) in [6, 6.07) is 3.27. The highest BCUT2D eigenvalue weighted by Gasteiger charge is 2.10. The van der Waals surface area contributed by atoms with Crippen LogP contribution in [0.1, 0.15) is 11.6 Å². The number of aryl methyl sites for hydroxylation is 1. The first-order valence-corrected chi connectivity index (χ1v) is 4.99. The summed E-state index contributed by atoms with van der Waals surface area (Å²) >= 11 is 6.11. The molecule has 80 valence electrons. The Hall–Kier alpha value is -1.10. The maximum absolute atomic E-state index is 8.97. The first-order valence-electron chi connectivity index (χ1n) is 4.61. The lowest BCUT2D eigenvalue weighted by atomic mass is 10.1. The SMILES string of the molecule is Cn1ncc2cc(C(N)CO)cc(Cl)c21. The van der Waals surface area contributed by atoms with Crippen molar-refractivity contribution in [3.05, 3.63) is 28.9 Å². The summed E-state index contributed by atoms with van der Waals surface area (Å²) in [4.78, 5) is 0. The number of hydrogen-bond donors (Lipinski definition) is 2. The zero-order valence-electron chi connectivity index (χ0n) is 8.31. The first kappa shape index (κ1) is 10.4. The molecule has 0 spiro atoms. The third-order valence-electron chi connectivity index (χ3n) is 2.43. The van der Waals surface area contributed by atoms with Crippen molar-refractivity contribution in [2.24, 2.45) is 12.8 Å². The molecular formula is C10H12ClN3O. The minimum absolute atomic E-state index is 0.0951. The van der Waals surface area contributed by atoms with Crippen molar-refractivity contribution in [1.29, 1.82) is 0 Å². The van der Waals surface area contributed by atoms with Crippen LogP contribution in [0.25, 0.3) is 10.9 Å². The van der Waals surface area contributed by atoms with Gasteiger partial charge in [-0.2, -0.15) is 5.10 Å². The summed E-state index contributed by atoms with van der Waals surface area (Å²) in [5.41, 5.74) is 7.43. The highest BCUT2D eigenvalue weighted by atomic mass is 35.5. The predicted molar refractivity (Wildman–Crippen MR) is 59.7 cm³/mol. The standard InChI is InChI=1S/C10H12ClN3O/c1-14-10-7(4-13-14)2-6(3-8(10)11)9(12)5-15/h2-4,9,15H,5,12H2,1H3. The van der Waals surface area contributed by atoms with Gasteiger partial charge >= 0.3 is 0 Å². The van der Waals surface area contributed by atoms with E-state index in [0.717, 1.165) is 16.5 Å². The molecule has 5 heteroatoms. The van der Waals surface area contributed by atoms with E-state index in [1.807, 2.05) is 13.1 Å². The summed E-state index contributed by atoms with van der Waals surface area (Å²) in [6.07, 6.45) is 1.73. The lowest BCUT2D eigenvalue weighted by Crippen LogP contribution is -2.14. The molecule has 3 N–H and O–H groups in total. The third kappa shape index (κ3) is 1.71. The summed E-state index contributed by atoms with van der Waals surface area (Å²) in [5.74, 6) is 0. The summed E-state index contributed by atoms with van der Waals surface area (Å²) in [5, 5.41) is 14.6. The fourth-order valence-electron chi connectivity index (χ4n) is 1.61. The molecule has 0 saturated carbocycles. The number of nitrogens with two attached hydrogens (primary N) is 1. The van der Waals surface area contributed by atoms with Crippen molar-refractivity contribution >= 4 is 22.5 Å². The number of aromatic nitrogens is 2. The number of nitrogens with zero attached hydrogens (tertiary/aromatic N) is 2. The van der Waals surface area contributed by atoms with E-state index in [1.165, 1.54) is 0 Å². The zero-order chi connectivity index (χ0) is 11.0. The lowest BCUT2D eigenvalue weighted by molar-refractivity contribution is 0.268. The van der Waals surface area contributed by atoms with E-state index in [4.69, 9.17) is 22.4 Å². The molecule has 2 aromatic rings. The zero-order valence-corrected chi connectivity index (χ0v) is 9.07. The highest BCUT2D eigenvalue weighted by Crippen LogP contribution is 2.26. The van der Waals surface area contributed by atoms with Crippen molar-refractivity contribution in [2.45, 2.75) is 6.04 Å². The predicted octanol–water partition coefficient (Wildman–Crippen LogP) is 1.22. The Morgan fingerprint density at radius 2 is 2.33 bits per heavy atom. The van der Waals surface area contributed by atoms with Gasteiger partial charge in [0.25, 0.3) is 0 Å². The second kappa shape index (κ2) is 3.81. The topological polar surface area (TPSA) is 64.1 Å². The molecule has 1 unspecified atom stereocenters. The molecule has 1 atom stereocenters. The van der Waals surface area contributed by atoms with E-state index in [0.29, 0.717) is 5.02 Å². The van der Waals surface area contributed by atoms with Crippen molar-refractivity contribution in [1.82, 2.24) is 9.78 Å². The number of fused-ring (bicyclic) bond motifs is 1. The van der Waals surface area contributed by atoms with Gasteiger partial charge in [-0.3, -0.25) is 4.68 Å². The van der Waals surface area contributed by atoms with Gasteiger partial charge in [0.2, 0.25) is 0 Å². The maximum atomic E-state index is 8.97. The van der Waals surface area contributed by atoms with Gasteiger partial charge in [0, 0.05) is 12.4 Å². The molecule has 0 bridgehead atoms. The molecule has 4 nitrogen and oxygen atoms in total. The second-order valence-corrected chi connectivity index (χ2v) is 3.91. The van der Waals surface area contributed by atoms with Crippen LogP contribution in [-0.2, 0) is 7.05 Å². The Morgan fingerprint density at radius 1 is 1.60 bits per heavy atom. The van der Waals surface area contributed by atoms with E-state index >= 15 is 0 Å². The average molecular weight is 226 g/mol. The molecule has 1 heterocycles. The van der Waals surface area contributed by atoms with Crippen LogP contribution in [0.4, 0.5) is 0 Å². The average Bonchev–Trinajstić information content (AvgIpc) is 2.59. The van der Waals surface area contributed by atoms with Gasteiger partial charge in [0.1, 0.15) is 0 Å². The normalized spacial score (nSPS) is 13.3. The summed E-state index contributed by atoms with van der Waals surface area (Å²) in [6.45, 7) is -0.0951. The van der Waals surface area contributed by atoms with Gasteiger partial charge in [-0.15, -0.1) is 0 Å². The van der Waals surface area contributed by atoms with Gasteiger partial charge in [-0.1, -0.05) is 11.6 Å². The van der Waals surface area contributed by atoms with Crippen LogP contribution in [0.15, 0.2) is 18.3 Å². The molecule has 15 heavy (non-hydrogen) atoms. The van der Waals surface area contributed by atoms with Crippen LogP contribution in [0.3, 0.4) is 0 Å². The van der Waals surface area contributed by atoms with Crippen LogP contribution >= 0.6 is 11.6 Å². The Balaban J connectivity index is 2.63. The molecule has 0 saturated heterocycles. The highest BCUT2D eigenvalue weighted by molar-refractivity contribution is 6.35. The van der Waals surface area contributed by atoms with Gasteiger partial charge in [-0.25, -0.2) is 0 Å². The van der Waals surface area contributed by atoms with E-state index in [1.54, 1.807) is 16.9 Å². The second-order valence-electron chi connectivity index (χ2n) is 3.50. The van der Waals surface area contributed by atoms with Crippen LogP contribution in [0.5, 0.6) is 0 Å². The third-order valence-corrected chi connectivity index (χ3v) is 2.72. The Labute approximate surface area is 92.3 Å². The number of benzene rings is 1. The van der Waals surface area contributed by atoms with Crippen LogP contribution in [0.2, 0.25) is 5.02 Å². The Kier molecular flexibility index (Phi) is 2.65. The first-order chi connectivity index (χ1) is 7.13. The Morgan fingerprint density at radius 3 is 3.00 bits per heavy atom. The minimum Gasteiger partial charge on any atom is -0.394 e. The summed E-state index contributed by atoms with van der Waals surface area (Å²) < 4.78 is 1.71. The Bertz CT molecular complexity index is 495. The molecule has 0 radical (unpaired) electrons. The van der Waals surface area contributed by atoms with Crippen molar-refractivity contribution in [2.75, 3.05) is 6.61 Å². The smallest absolute Gasteiger partial charge is 0.0865 e. The molecule has 0 aliphatic rings. The van der Waals surface area contributed by atoms with E-state index in [9.17, 15) is 0 Å². The molecule has 0 amide bonds.